The van der Waals surface area contributed by atoms with Crippen LogP contribution in [0, 0.1) is 6.92 Å². The Kier molecular flexibility index (Phi) is 3.14. The average Bonchev–Trinajstić information content (AvgIpc) is 2.13. The molecule has 1 aromatic carbocycles. The van der Waals surface area contributed by atoms with Crippen LogP contribution in [0.4, 0.5) is 5.69 Å². The molecular formula is C10H15NO2. The van der Waals surface area contributed by atoms with E-state index in [4.69, 9.17) is 0 Å². The highest BCUT2D eigenvalue weighted by atomic mass is 16.3. The summed E-state index contributed by atoms with van der Waals surface area (Å²) in [5.74, 6) is 0.244. The van der Waals surface area contributed by atoms with Crippen molar-refractivity contribution >= 4 is 5.69 Å². The first-order valence-electron chi connectivity index (χ1n) is 4.38. The minimum absolute atomic E-state index is 0.244. The molecule has 1 atom stereocenters. The summed E-state index contributed by atoms with van der Waals surface area (Å²) in [4.78, 5) is 0. The molecule has 0 saturated carbocycles. The van der Waals surface area contributed by atoms with Crippen molar-refractivity contribution in [1.82, 2.24) is 0 Å². The van der Waals surface area contributed by atoms with E-state index in [1.54, 1.807) is 19.1 Å². The molecule has 1 rings (SSSR count). The second-order valence-corrected chi connectivity index (χ2v) is 3.02. The third-order valence-corrected chi connectivity index (χ3v) is 2.01. The first-order chi connectivity index (χ1) is 6.15. The van der Waals surface area contributed by atoms with Crippen LogP contribution < -0.4 is 5.32 Å². The van der Waals surface area contributed by atoms with Gasteiger partial charge in [0.25, 0.3) is 0 Å². The number of hydrogen-bond donors (Lipinski definition) is 3. The molecule has 0 saturated heterocycles. The fraction of sp³-hybridized carbons (Fsp3) is 0.400. The molecule has 0 spiro atoms. The van der Waals surface area contributed by atoms with Crippen LogP contribution in [-0.2, 0) is 0 Å². The number of phenols is 1. The highest BCUT2D eigenvalue weighted by molar-refractivity contribution is 5.56. The number of hydrogen-bond acceptors (Lipinski definition) is 3. The van der Waals surface area contributed by atoms with E-state index in [1.807, 2.05) is 13.0 Å². The molecule has 72 valence electrons. The van der Waals surface area contributed by atoms with Crippen LogP contribution >= 0.6 is 0 Å². The lowest BCUT2D eigenvalue weighted by molar-refractivity contribution is 0.199. The van der Waals surface area contributed by atoms with E-state index in [-0.39, 0.29) is 5.75 Å². The van der Waals surface area contributed by atoms with Gasteiger partial charge in [-0.05, 0) is 25.5 Å². The van der Waals surface area contributed by atoms with Gasteiger partial charge in [0.1, 0.15) is 12.0 Å². The zero-order valence-electron chi connectivity index (χ0n) is 7.91. The molecule has 0 fully saturated rings. The first-order valence-corrected chi connectivity index (χ1v) is 4.38. The predicted octanol–water partition coefficient (Wildman–Crippen LogP) is 1.84. The Morgan fingerprint density at radius 1 is 1.46 bits per heavy atom. The summed E-state index contributed by atoms with van der Waals surface area (Å²) >= 11 is 0. The number of rotatable bonds is 3. The SMILES string of the molecule is CCC(O)Nc1cccc(O)c1C. The van der Waals surface area contributed by atoms with Crippen molar-refractivity contribution in [2.24, 2.45) is 0 Å². The lowest BCUT2D eigenvalue weighted by atomic mass is 10.2. The topological polar surface area (TPSA) is 52.5 Å². The fourth-order valence-electron chi connectivity index (χ4n) is 1.06. The highest BCUT2D eigenvalue weighted by Crippen LogP contribution is 2.24. The summed E-state index contributed by atoms with van der Waals surface area (Å²) in [6, 6.07) is 5.19. The zero-order chi connectivity index (χ0) is 9.84. The molecule has 1 aromatic rings. The summed E-state index contributed by atoms with van der Waals surface area (Å²) in [5.41, 5.74) is 1.53. The lowest BCUT2D eigenvalue weighted by Crippen LogP contribution is -2.17. The average molecular weight is 181 g/mol. The summed E-state index contributed by atoms with van der Waals surface area (Å²) in [7, 11) is 0. The number of aliphatic hydroxyl groups is 1. The zero-order valence-corrected chi connectivity index (χ0v) is 7.91. The molecule has 0 aliphatic rings. The van der Waals surface area contributed by atoms with Crippen molar-refractivity contribution in [2.45, 2.75) is 26.5 Å². The Morgan fingerprint density at radius 2 is 2.15 bits per heavy atom. The highest BCUT2D eigenvalue weighted by Gasteiger charge is 2.05. The van der Waals surface area contributed by atoms with E-state index in [2.05, 4.69) is 5.32 Å². The number of aliphatic hydroxyl groups excluding tert-OH is 1. The molecule has 0 amide bonds. The van der Waals surface area contributed by atoms with Crippen LogP contribution in [0.15, 0.2) is 18.2 Å². The second-order valence-electron chi connectivity index (χ2n) is 3.02. The van der Waals surface area contributed by atoms with E-state index in [9.17, 15) is 10.2 Å². The molecule has 0 aliphatic carbocycles. The largest absolute Gasteiger partial charge is 0.508 e. The number of anilines is 1. The smallest absolute Gasteiger partial charge is 0.124 e. The van der Waals surface area contributed by atoms with Crippen molar-refractivity contribution in [1.29, 1.82) is 0 Å². The first kappa shape index (κ1) is 9.86. The van der Waals surface area contributed by atoms with E-state index in [1.165, 1.54) is 0 Å². The Balaban J connectivity index is 2.83. The van der Waals surface area contributed by atoms with Gasteiger partial charge in [0.05, 0.1) is 0 Å². The Morgan fingerprint density at radius 3 is 2.77 bits per heavy atom. The van der Waals surface area contributed by atoms with Gasteiger partial charge in [0, 0.05) is 11.3 Å². The van der Waals surface area contributed by atoms with Gasteiger partial charge < -0.3 is 15.5 Å². The number of benzene rings is 1. The minimum Gasteiger partial charge on any atom is -0.508 e. The van der Waals surface area contributed by atoms with Crippen molar-refractivity contribution in [2.75, 3.05) is 5.32 Å². The molecule has 0 aromatic heterocycles. The maximum atomic E-state index is 9.36. The van der Waals surface area contributed by atoms with Crippen molar-refractivity contribution < 1.29 is 10.2 Å². The van der Waals surface area contributed by atoms with Gasteiger partial charge in [0.15, 0.2) is 0 Å². The van der Waals surface area contributed by atoms with Crippen LogP contribution in [0.2, 0.25) is 0 Å². The molecule has 0 aliphatic heterocycles. The standard InChI is InChI=1S/C10H15NO2/c1-3-10(13)11-8-5-4-6-9(12)7(8)2/h4-6,10-13H,3H2,1-2H3. The van der Waals surface area contributed by atoms with Crippen LogP contribution in [0.3, 0.4) is 0 Å². The van der Waals surface area contributed by atoms with Gasteiger partial charge in [-0.25, -0.2) is 0 Å². The maximum absolute atomic E-state index is 9.36. The van der Waals surface area contributed by atoms with Gasteiger partial charge in [-0.15, -0.1) is 0 Å². The minimum atomic E-state index is -0.555. The summed E-state index contributed by atoms with van der Waals surface area (Å²) < 4.78 is 0. The van der Waals surface area contributed by atoms with E-state index >= 15 is 0 Å². The molecule has 1 unspecified atom stereocenters. The van der Waals surface area contributed by atoms with Crippen LogP contribution in [0.1, 0.15) is 18.9 Å². The van der Waals surface area contributed by atoms with Crippen molar-refractivity contribution in [3.63, 3.8) is 0 Å². The van der Waals surface area contributed by atoms with Crippen molar-refractivity contribution in [3.05, 3.63) is 23.8 Å². The van der Waals surface area contributed by atoms with E-state index < -0.39 is 6.23 Å². The summed E-state index contributed by atoms with van der Waals surface area (Å²) in [6.07, 6.45) is 0.0789. The summed E-state index contributed by atoms with van der Waals surface area (Å²) in [6.45, 7) is 3.69. The predicted molar refractivity (Wildman–Crippen MR) is 52.8 cm³/mol. The maximum Gasteiger partial charge on any atom is 0.124 e. The molecule has 3 nitrogen and oxygen atoms in total. The van der Waals surface area contributed by atoms with E-state index in [0.717, 1.165) is 11.3 Å². The molecule has 3 heteroatoms. The normalized spacial score (nSPS) is 12.5. The van der Waals surface area contributed by atoms with Crippen LogP contribution in [0.25, 0.3) is 0 Å². The summed E-state index contributed by atoms with van der Waals surface area (Å²) in [5, 5.41) is 21.6. The molecule has 0 radical (unpaired) electrons. The molecule has 0 heterocycles. The lowest BCUT2D eigenvalue weighted by Gasteiger charge is -2.14. The molecule has 0 bridgehead atoms. The second kappa shape index (κ2) is 4.14. The van der Waals surface area contributed by atoms with Gasteiger partial charge >= 0.3 is 0 Å². The Bertz CT molecular complexity index is 286. The van der Waals surface area contributed by atoms with Gasteiger partial charge in [-0.3, -0.25) is 0 Å². The van der Waals surface area contributed by atoms with Crippen molar-refractivity contribution in [3.8, 4) is 5.75 Å². The van der Waals surface area contributed by atoms with Crippen LogP contribution in [0.5, 0.6) is 5.75 Å². The quantitative estimate of drug-likeness (QED) is 0.624. The van der Waals surface area contributed by atoms with Gasteiger partial charge in [0.2, 0.25) is 0 Å². The fourth-order valence-corrected chi connectivity index (χ4v) is 1.06. The molecule has 13 heavy (non-hydrogen) atoms. The third-order valence-electron chi connectivity index (χ3n) is 2.01. The van der Waals surface area contributed by atoms with Gasteiger partial charge in [-0.1, -0.05) is 13.0 Å². The van der Waals surface area contributed by atoms with E-state index in [0.29, 0.717) is 6.42 Å². The Hall–Kier alpha value is -1.22. The third kappa shape index (κ3) is 2.36. The van der Waals surface area contributed by atoms with Crippen LogP contribution in [-0.4, -0.2) is 16.4 Å². The number of phenolic OH excluding ortho intramolecular Hbond substituents is 1. The molecule has 3 N–H and O–H groups in total. The monoisotopic (exact) mass is 181 g/mol. The Labute approximate surface area is 78.0 Å². The number of nitrogens with one attached hydrogen (secondary N) is 1. The van der Waals surface area contributed by atoms with Gasteiger partial charge in [-0.2, -0.15) is 0 Å². The molecular weight excluding hydrogens is 166 g/mol. The number of aromatic hydroxyl groups is 1.